The van der Waals surface area contributed by atoms with Gasteiger partial charge in [-0.3, -0.25) is 4.79 Å². The third-order valence-corrected chi connectivity index (χ3v) is 4.36. The van der Waals surface area contributed by atoms with Gasteiger partial charge in [0.25, 0.3) is 0 Å². The minimum absolute atomic E-state index is 0.184. The Labute approximate surface area is 120 Å². The number of rotatable bonds is 5. The van der Waals surface area contributed by atoms with Crippen LogP contribution in [0, 0.1) is 0 Å². The summed E-state index contributed by atoms with van der Waals surface area (Å²) < 4.78 is 5.28. The zero-order valence-electron chi connectivity index (χ0n) is 12.2. The van der Waals surface area contributed by atoms with Crippen LogP contribution in [0.4, 0.5) is 0 Å². The van der Waals surface area contributed by atoms with Crippen molar-refractivity contribution in [2.45, 2.75) is 31.3 Å². The molecule has 0 amide bonds. The van der Waals surface area contributed by atoms with Gasteiger partial charge in [-0.05, 0) is 38.4 Å². The Morgan fingerprint density at radius 2 is 1.95 bits per heavy atom. The number of nitrogens with zero attached hydrogens (tertiary/aromatic N) is 1. The number of hydrogen-bond donors (Lipinski definition) is 1. The van der Waals surface area contributed by atoms with E-state index in [0.29, 0.717) is 12.8 Å². The Morgan fingerprint density at radius 3 is 2.45 bits per heavy atom. The highest BCUT2D eigenvalue weighted by molar-refractivity contribution is 5.81. The van der Waals surface area contributed by atoms with Crippen LogP contribution in [-0.2, 0) is 14.9 Å². The number of likely N-dealkylation sites (tertiary alicyclic amines) is 1. The van der Waals surface area contributed by atoms with Gasteiger partial charge >= 0.3 is 5.97 Å². The third-order valence-electron chi connectivity index (χ3n) is 4.36. The van der Waals surface area contributed by atoms with Crippen LogP contribution in [0.3, 0.4) is 0 Å². The van der Waals surface area contributed by atoms with Gasteiger partial charge < -0.3 is 14.7 Å². The monoisotopic (exact) mass is 277 g/mol. The molecule has 1 aromatic carbocycles. The molecule has 1 N–H and O–H groups in total. The van der Waals surface area contributed by atoms with E-state index in [1.165, 1.54) is 0 Å². The molecule has 4 heteroatoms. The first-order valence-electron chi connectivity index (χ1n) is 7.12. The second-order valence-corrected chi connectivity index (χ2v) is 5.60. The van der Waals surface area contributed by atoms with E-state index in [0.717, 1.165) is 25.2 Å². The molecule has 1 aliphatic rings. The topological polar surface area (TPSA) is 49.8 Å². The summed E-state index contributed by atoms with van der Waals surface area (Å²) in [4.78, 5) is 14.1. The summed E-state index contributed by atoms with van der Waals surface area (Å²) in [5.41, 5.74) is 0.195. The number of carbonyl (C=O) groups is 1. The van der Waals surface area contributed by atoms with Crippen molar-refractivity contribution in [1.82, 2.24) is 4.90 Å². The van der Waals surface area contributed by atoms with Crippen LogP contribution < -0.4 is 0 Å². The number of piperidine rings is 1. The first-order valence-corrected chi connectivity index (χ1v) is 7.12. The number of ether oxygens (including phenoxy) is 1. The van der Waals surface area contributed by atoms with E-state index in [4.69, 9.17) is 4.74 Å². The quantitative estimate of drug-likeness (QED) is 0.896. The molecule has 0 saturated carbocycles. The summed E-state index contributed by atoms with van der Waals surface area (Å²) in [6.07, 6.45) is 1.50. The molecular formula is C16H23NO3. The Morgan fingerprint density at radius 1 is 1.35 bits per heavy atom. The van der Waals surface area contributed by atoms with Crippen LogP contribution in [0.15, 0.2) is 30.3 Å². The predicted molar refractivity (Wildman–Crippen MR) is 77.9 cm³/mol. The second kappa shape index (κ2) is 6.37. The first kappa shape index (κ1) is 15.0. The number of carboxylic acid groups (broad SMARTS) is 1. The van der Waals surface area contributed by atoms with Crippen LogP contribution in [-0.4, -0.2) is 48.8 Å². The van der Waals surface area contributed by atoms with E-state index in [1.54, 1.807) is 7.11 Å². The summed E-state index contributed by atoms with van der Waals surface area (Å²) in [6.45, 7) is 4.50. The molecule has 1 saturated heterocycles. The molecule has 1 fully saturated rings. The van der Waals surface area contributed by atoms with E-state index in [2.05, 4.69) is 4.90 Å². The largest absolute Gasteiger partial charge is 0.481 e. The number of benzene rings is 1. The average Bonchev–Trinajstić information content (AvgIpc) is 2.48. The minimum atomic E-state index is -0.728. The molecule has 0 aliphatic carbocycles. The predicted octanol–water partition coefficient (Wildman–Crippen LogP) is 2.14. The van der Waals surface area contributed by atoms with Crippen molar-refractivity contribution in [3.8, 4) is 0 Å². The van der Waals surface area contributed by atoms with Crippen LogP contribution in [0.1, 0.15) is 25.3 Å². The Hall–Kier alpha value is -1.39. The van der Waals surface area contributed by atoms with Crippen LogP contribution in [0.5, 0.6) is 0 Å². The standard InChI is InChI=1S/C16H23NO3/c1-13(20-2)12-17-10-8-16(9-11-17,15(18)19)14-6-4-3-5-7-14/h3-7,13H,8-12H2,1-2H3,(H,18,19). The first-order chi connectivity index (χ1) is 9.58. The molecule has 0 aromatic heterocycles. The highest BCUT2D eigenvalue weighted by Crippen LogP contribution is 2.35. The van der Waals surface area contributed by atoms with E-state index in [9.17, 15) is 9.90 Å². The normalized spacial score (nSPS) is 20.5. The van der Waals surface area contributed by atoms with Gasteiger partial charge in [-0.1, -0.05) is 30.3 Å². The maximum atomic E-state index is 11.8. The number of methoxy groups -OCH3 is 1. The van der Waals surface area contributed by atoms with Gasteiger partial charge in [0.05, 0.1) is 11.5 Å². The van der Waals surface area contributed by atoms with Gasteiger partial charge in [0.15, 0.2) is 0 Å². The van der Waals surface area contributed by atoms with E-state index in [1.807, 2.05) is 37.3 Å². The van der Waals surface area contributed by atoms with Gasteiger partial charge in [-0.25, -0.2) is 0 Å². The maximum Gasteiger partial charge on any atom is 0.314 e. The van der Waals surface area contributed by atoms with Crippen molar-refractivity contribution < 1.29 is 14.6 Å². The van der Waals surface area contributed by atoms with Crippen molar-refractivity contribution in [3.05, 3.63) is 35.9 Å². The van der Waals surface area contributed by atoms with Crippen molar-refractivity contribution in [3.63, 3.8) is 0 Å². The van der Waals surface area contributed by atoms with Gasteiger partial charge in [0.2, 0.25) is 0 Å². The van der Waals surface area contributed by atoms with Gasteiger partial charge in [0, 0.05) is 13.7 Å². The number of hydrogen-bond acceptors (Lipinski definition) is 3. The zero-order valence-corrected chi connectivity index (χ0v) is 12.2. The summed E-state index contributed by atoms with van der Waals surface area (Å²) in [5.74, 6) is -0.705. The molecule has 1 heterocycles. The lowest BCUT2D eigenvalue weighted by Crippen LogP contribution is -2.48. The molecule has 4 nitrogen and oxygen atoms in total. The molecule has 1 aliphatic heterocycles. The Balaban J connectivity index is 2.09. The maximum absolute atomic E-state index is 11.8. The Bertz CT molecular complexity index is 438. The average molecular weight is 277 g/mol. The highest BCUT2D eigenvalue weighted by atomic mass is 16.5. The molecule has 0 bridgehead atoms. The fourth-order valence-electron chi connectivity index (χ4n) is 2.94. The molecule has 0 spiro atoms. The van der Waals surface area contributed by atoms with Crippen LogP contribution >= 0.6 is 0 Å². The molecule has 1 atom stereocenters. The highest BCUT2D eigenvalue weighted by Gasteiger charge is 2.42. The smallest absolute Gasteiger partial charge is 0.314 e. The molecule has 20 heavy (non-hydrogen) atoms. The van der Waals surface area contributed by atoms with Crippen molar-refractivity contribution in [2.24, 2.45) is 0 Å². The van der Waals surface area contributed by atoms with Crippen LogP contribution in [0.25, 0.3) is 0 Å². The molecular weight excluding hydrogens is 254 g/mol. The van der Waals surface area contributed by atoms with Crippen molar-refractivity contribution >= 4 is 5.97 Å². The lowest BCUT2D eigenvalue weighted by Gasteiger charge is -2.39. The molecule has 110 valence electrons. The zero-order chi connectivity index (χ0) is 14.6. The number of aliphatic carboxylic acids is 1. The van der Waals surface area contributed by atoms with Crippen molar-refractivity contribution in [1.29, 1.82) is 0 Å². The molecule has 2 rings (SSSR count). The van der Waals surface area contributed by atoms with E-state index in [-0.39, 0.29) is 6.10 Å². The fraction of sp³-hybridized carbons (Fsp3) is 0.562. The summed E-state index contributed by atoms with van der Waals surface area (Å²) in [5, 5.41) is 9.71. The lowest BCUT2D eigenvalue weighted by molar-refractivity contribution is -0.146. The molecule has 1 aromatic rings. The van der Waals surface area contributed by atoms with Gasteiger partial charge in [-0.15, -0.1) is 0 Å². The summed E-state index contributed by atoms with van der Waals surface area (Å²) >= 11 is 0. The second-order valence-electron chi connectivity index (χ2n) is 5.60. The van der Waals surface area contributed by atoms with Crippen molar-refractivity contribution in [2.75, 3.05) is 26.7 Å². The van der Waals surface area contributed by atoms with Gasteiger partial charge in [-0.2, -0.15) is 0 Å². The fourth-order valence-corrected chi connectivity index (χ4v) is 2.94. The lowest BCUT2D eigenvalue weighted by atomic mass is 9.73. The SMILES string of the molecule is COC(C)CN1CCC(C(=O)O)(c2ccccc2)CC1. The minimum Gasteiger partial charge on any atom is -0.481 e. The van der Waals surface area contributed by atoms with E-state index >= 15 is 0 Å². The van der Waals surface area contributed by atoms with Crippen LogP contribution in [0.2, 0.25) is 0 Å². The van der Waals surface area contributed by atoms with E-state index < -0.39 is 11.4 Å². The Kier molecular flexibility index (Phi) is 4.78. The molecule has 0 radical (unpaired) electrons. The summed E-state index contributed by atoms with van der Waals surface area (Å²) in [7, 11) is 1.71. The van der Waals surface area contributed by atoms with Gasteiger partial charge in [0.1, 0.15) is 0 Å². The summed E-state index contributed by atoms with van der Waals surface area (Å²) in [6, 6.07) is 9.62. The number of carboxylic acids is 1. The molecule has 1 unspecified atom stereocenters. The third kappa shape index (κ3) is 3.02.